The topological polar surface area (TPSA) is 95.8 Å². The predicted octanol–water partition coefficient (Wildman–Crippen LogP) is 1.79. The van der Waals surface area contributed by atoms with Gasteiger partial charge in [-0.2, -0.15) is 0 Å². The van der Waals surface area contributed by atoms with Crippen LogP contribution in [0, 0.1) is 0 Å². The van der Waals surface area contributed by atoms with E-state index in [4.69, 9.17) is 5.73 Å². The molecular formula is C14H19N5O. The molecule has 1 aromatic carbocycles. The van der Waals surface area contributed by atoms with Gasteiger partial charge in [-0.05, 0) is 24.6 Å². The number of nitrogens with zero attached hydrogens (tertiary/aromatic N) is 1. The standard InChI is InChI=1S/C14H19N5O/c1-10(15)11-3-2-4-12(9-11)19-14(20)18-6-5-13-16-7-8-17-13/h2-4,7-10H,5-6,15H2,1H3,(H,16,17)(H2,18,19,20). The first-order valence-electron chi connectivity index (χ1n) is 6.54. The molecule has 0 aliphatic rings. The van der Waals surface area contributed by atoms with Crippen LogP contribution < -0.4 is 16.4 Å². The number of urea groups is 1. The van der Waals surface area contributed by atoms with Crippen molar-refractivity contribution in [3.63, 3.8) is 0 Å². The molecule has 0 spiro atoms. The number of nitrogens with two attached hydrogens (primary N) is 1. The first kappa shape index (κ1) is 14.1. The van der Waals surface area contributed by atoms with Crippen LogP contribution in [0.25, 0.3) is 0 Å². The second kappa shape index (κ2) is 6.72. The molecule has 2 aromatic rings. The fourth-order valence-electron chi connectivity index (χ4n) is 1.80. The van der Waals surface area contributed by atoms with Gasteiger partial charge in [0.1, 0.15) is 5.82 Å². The fourth-order valence-corrected chi connectivity index (χ4v) is 1.80. The number of hydrogen-bond donors (Lipinski definition) is 4. The van der Waals surface area contributed by atoms with Crippen LogP contribution in [0.2, 0.25) is 0 Å². The maximum atomic E-state index is 11.7. The first-order valence-corrected chi connectivity index (χ1v) is 6.54. The number of imidazole rings is 1. The van der Waals surface area contributed by atoms with Gasteiger partial charge in [0, 0.05) is 37.1 Å². The third-order valence-electron chi connectivity index (χ3n) is 2.87. The van der Waals surface area contributed by atoms with Crippen molar-refractivity contribution in [2.24, 2.45) is 5.73 Å². The summed E-state index contributed by atoms with van der Waals surface area (Å²) < 4.78 is 0. The van der Waals surface area contributed by atoms with Crippen molar-refractivity contribution < 1.29 is 4.79 Å². The van der Waals surface area contributed by atoms with Crippen molar-refractivity contribution in [2.75, 3.05) is 11.9 Å². The van der Waals surface area contributed by atoms with Gasteiger partial charge in [0.05, 0.1) is 0 Å². The zero-order chi connectivity index (χ0) is 14.4. The Balaban J connectivity index is 1.80. The van der Waals surface area contributed by atoms with E-state index in [0.717, 1.165) is 17.1 Å². The zero-order valence-corrected chi connectivity index (χ0v) is 11.4. The Morgan fingerprint density at radius 1 is 1.50 bits per heavy atom. The molecule has 2 amide bonds. The molecule has 2 rings (SSSR count). The lowest BCUT2D eigenvalue weighted by molar-refractivity contribution is 0.252. The summed E-state index contributed by atoms with van der Waals surface area (Å²) >= 11 is 0. The number of carbonyl (C=O) groups excluding carboxylic acids is 1. The Morgan fingerprint density at radius 3 is 3.05 bits per heavy atom. The van der Waals surface area contributed by atoms with Crippen LogP contribution in [0.4, 0.5) is 10.5 Å². The SMILES string of the molecule is CC(N)c1cccc(NC(=O)NCCc2ncc[nH]2)c1. The average molecular weight is 273 g/mol. The Hall–Kier alpha value is -2.34. The maximum Gasteiger partial charge on any atom is 0.319 e. The molecule has 1 aromatic heterocycles. The molecular weight excluding hydrogens is 254 g/mol. The molecule has 0 saturated heterocycles. The molecule has 0 aliphatic heterocycles. The van der Waals surface area contributed by atoms with E-state index in [1.54, 1.807) is 12.4 Å². The fraction of sp³-hybridized carbons (Fsp3) is 0.286. The second-order valence-corrected chi connectivity index (χ2v) is 4.58. The van der Waals surface area contributed by atoms with Crippen LogP contribution in [0.5, 0.6) is 0 Å². The summed E-state index contributed by atoms with van der Waals surface area (Å²) in [5.74, 6) is 0.851. The van der Waals surface area contributed by atoms with Crippen molar-refractivity contribution in [1.29, 1.82) is 0 Å². The van der Waals surface area contributed by atoms with Crippen LogP contribution in [0.1, 0.15) is 24.4 Å². The van der Waals surface area contributed by atoms with Gasteiger partial charge in [0.2, 0.25) is 0 Å². The Bertz CT molecular complexity index is 550. The van der Waals surface area contributed by atoms with E-state index < -0.39 is 0 Å². The minimum absolute atomic E-state index is 0.0567. The predicted molar refractivity (Wildman–Crippen MR) is 78.4 cm³/mol. The molecule has 20 heavy (non-hydrogen) atoms. The lowest BCUT2D eigenvalue weighted by Crippen LogP contribution is -2.30. The lowest BCUT2D eigenvalue weighted by atomic mass is 10.1. The Morgan fingerprint density at radius 2 is 2.35 bits per heavy atom. The van der Waals surface area contributed by atoms with Crippen molar-refractivity contribution >= 4 is 11.7 Å². The van der Waals surface area contributed by atoms with Gasteiger partial charge in [-0.25, -0.2) is 9.78 Å². The molecule has 0 saturated carbocycles. The molecule has 1 unspecified atom stereocenters. The van der Waals surface area contributed by atoms with Crippen molar-refractivity contribution in [3.05, 3.63) is 48.0 Å². The molecule has 6 nitrogen and oxygen atoms in total. The summed E-state index contributed by atoms with van der Waals surface area (Å²) in [4.78, 5) is 18.8. The van der Waals surface area contributed by atoms with Crippen molar-refractivity contribution in [3.8, 4) is 0 Å². The van der Waals surface area contributed by atoms with E-state index in [1.807, 2.05) is 31.2 Å². The van der Waals surface area contributed by atoms with Gasteiger partial charge >= 0.3 is 6.03 Å². The van der Waals surface area contributed by atoms with Gasteiger partial charge < -0.3 is 21.4 Å². The van der Waals surface area contributed by atoms with Gasteiger partial charge in [-0.3, -0.25) is 0 Å². The monoisotopic (exact) mass is 273 g/mol. The lowest BCUT2D eigenvalue weighted by Gasteiger charge is -2.10. The Labute approximate surface area is 117 Å². The summed E-state index contributed by atoms with van der Waals surface area (Å²) in [5.41, 5.74) is 7.53. The molecule has 0 fully saturated rings. The molecule has 0 radical (unpaired) electrons. The van der Waals surface area contributed by atoms with Gasteiger partial charge in [0.25, 0.3) is 0 Å². The number of aromatic nitrogens is 2. The van der Waals surface area contributed by atoms with Crippen molar-refractivity contribution in [1.82, 2.24) is 15.3 Å². The maximum absolute atomic E-state index is 11.7. The normalized spacial score (nSPS) is 11.9. The number of carbonyl (C=O) groups is 1. The smallest absolute Gasteiger partial charge is 0.319 e. The van der Waals surface area contributed by atoms with E-state index in [0.29, 0.717) is 13.0 Å². The highest BCUT2D eigenvalue weighted by Crippen LogP contribution is 2.15. The minimum Gasteiger partial charge on any atom is -0.349 e. The summed E-state index contributed by atoms with van der Waals surface area (Å²) in [6.07, 6.45) is 4.12. The quantitative estimate of drug-likeness (QED) is 0.668. The van der Waals surface area contributed by atoms with E-state index in [1.165, 1.54) is 0 Å². The highest BCUT2D eigenvalue weighted by molar-refractivity contribution is 5.89. The number of nitrogens with one attached hydrogen (secondary N) is 3. The van der Waals surface area contributed by atoms with E-state index in [-0.39, 0.29) is 12.1 Å². The third kappa shape index (κ3) is 4.10. The van der Waals surface area contributed by atoms with E-state index >= 15 is 0 Å². The van der Waals surface area contributed by atoms with Crippen LogP contribution >= 0.6 is 0 Å². The molecule has 0 bridgehead atoms. The summed E-state index contributed by atoms with van der Waals surface area (Å²) in [6, 6.07) is 7.22. The van der Waals surface area contributed by atoms with Gasteiger partial charge in [-0.1, -0.05) is 12.1 Å². The molecule has 1 atom stereocenters. The summed E-state index contributed by atoms with van der Waals surface area (Å²) in [5, 5.41) is 5.56. The largest absolute Gasteiger partial charge is 0.349 e. The molecule has 106 valence electrons. The number of H-pyrrole nitrogens is 1. The van der Waals surface area contributed by atoms with E-state index in [9.17, 15) is 4.79 Å². The number of rotatable bonds is 5. The summed E-state index contributed by atoms with van der Waals surface area (Å²) in [7, 11) is 0. The molecule has 6 heteroatoms. The summed E-state index contributed by atoms with van der Waals surface area (Å²) in [6.45, 7) is 2.43. The van der Waals surface area contributed by atoms with Crippen LogP contribution in [0.15, 0.2) is 36.7 Å². The third-order valence-corrected chi connectivity index (χ3v) is 2.87. The number of aromatic amines is 1. The van der Waals surface area contributed by atoms with E-state index in [2.05, 4.69) is 20.6 Å². The highest BCUT2D eigenvalue weighted by atomic mass is 16.2. The van der Waals surface area contributed by atoms with Crippen LogP contribution in [-0.2, 0) is 6.42 Å². The minimum atomic E-state index is -0.238. The van der Waals surface area contributed by atoms with Gasteiger partial charge in [0.15, 0.2) is 0 Å². The highest BCUT2D eigenvalue weighted by Gasteiger charge is 2.04. The number of benzene rings is 1. The van der Waals surface area contributed by atoms with Crippen molar-refractivity contribution in [2.45, 2.75) is 19.4 Å². The number of amides is 2. The Kier molecular flexibility index (Phi) is 4.73. The number of hydrogen-bond acceptors (Lipinski definition) is 3. The second-order valence-electron chi connectivity index (χ2n) is 4.58. The first-order chi connectivity index (χ1) is 9.65. The molecule has 0 aliphatic carbocycles. The van der Waals surface area contributed by atoms with Gasteiger partial charge in [-0.15, -0.1) is 0 Å². The zero-order valence-electron chi connectivity index (χ0n) is 11.4. The average Bonchev–Trinajstić information content (AvgIpc) is 2.92. The van der Waals surface area contributed by atoms with Crippen LogP contribution in [0.3, 0.4) is 0 Å². The van der Waals surface area contributed by atoms with Crippen LogP contribution in [-0.4, -0.2) is 22.5 Å². The number of anilines is 1. The molecule has 1 heterocycles. The molecule has 5 N–H and O–H groups in total.